The molecule has 0 aromatic heterocycles. The van der Waals surface area contributed by atoms with Gasteiger partial charge in [0, 0.05) is 10.4 Å². The van der Waals surface area contributed by atoms with Crippen LogP contribution in [0.1, 0.15) is 18.1 Å². The molecule has 0 N–H and O–H groups in total. The highest BCUT2D eigenvalue weighted by molar-refractivity contribution is 9.10. The Hall–Kier alpha value is -1.19. The van der Waals surface area contributed by atoms with Gasteiger partial charge in [-0.05, 0) is 42.3 Å². The summed E-state index contributed by atoms with van der Waals surface area (Å²) >= 11 is 9.29. The highest BCUT2D eigenvalue weighted by Gasteiger charge is 2.07. The summed E-state index contributed by atoms with van der Waals surface area (Å²) in [5.41, 5.74) is 2.12. The predicted octanol–water partition coefficient (Wildman–Crippen LogP) is 5.17. The third kappa shape index (κ3) is 4.15. The maximum absolute atomic E-state index is 5.84. The number of ether oxygens (including phenoxy) is 2. The van der Waals surface area contributed by atoms with Gasteiger partial charge < -0.3 is 9.47 Å². The number of rotatable bonds is 6. The maximum Gasteiger partial charge on any atom is 0.161 e. The van der Waals surface area contributed by atoms with E-state index in [-0.39, 0.29) is 0 Å². The van der Waals surface area contributed by atoms with Crippen molar-refractivity contribution in [1.29, 1.82) is 0 Å². The molecular formula is C16H16BrClO2. The molecule has 0 aliphatic carbocycles. The van der Waals surface area contributed by atoms with Crippen LogP contribution in [0.4, 0.5) is 0 Å². The molecular weight excluding hydrogens is 340 g/mol. The van der Waals surface area contributed by atoms with Gasteiger partial charge in [-0.25, -0.2) is 0 Å². The molecule has 2 aromatic rings. The first-order valence-corrected chi connectivity index (χ1v) is 7.74. The Bertz CT molecular complexity index is 572. The molecule has 0 unspecified atom stereocenters. The van der Waals surface area contributed by atoms with Gasteiger partial charge in [-0.2, -0.15) is 0 Å². The largest absolute Gasteiger partial charge is 0.490 e. The zero-order valence-electron chi connectivity index (χ0n) is 11.2. The van der Waals surface area contributed by atoms with Crippen molar-refractivity contribution in [2.24, 2.45) is 0 Å². The summed E-state index contributed by atoms with van der Waals surface area (Å²) < 4.78 is 12.5. The average molecular weight is 356 g/mol. The highest BCUT2D eigenvalue weighted by Crippen LogP contribution is 2.30. The van der Waals surface area contributed by atoms with Gasteiger partial charge in [0.2, 0.25) is 0 Å². The van der Waals surface area contributed by atoms with Crippen LogP contribution in [0.25, 0.3) is 0 Å². The lowest BCUT2D eigenvalue weighted by molar-refractivity contribution is 0.269. The molecule has 0 atom stereocenters. The van der Waals surface area contributed by atoms with Crippen LogP contribution in [-0.4, -0.2) is 6.61 Å². The molecule has 0 saturated carbocycles. The number of benzene rings is 2. The molecule has 0 amide bonds. The van der Waals surface area contributed by atoms with E-state index in [1.54, 1.807) is 0 Å². The first-order valence-electron chi connectivity index (χ1n) is 6.42. The molecule has 0 aliphatic rings. The molecule has 0 bridgehead atoms. The minimum absolute atomic E-state index is 0.464. The lowest BCUT2D eigenvalue weighted by Crippen LogP contribution is -2.00. The average Bonchev–Trinajstić information content (AvgIpc) is 2.46. The zero-order valence-corrected chi connectivity index (χ0v) is 13.6. The van der Waals surface area contributed by atoms with E-state index in [4.69, 9.17) is 21.1 Å². The van der Waals surface area contributed by atoms with Crippen molar-refractivity contribution < 1.29 is 9.47 Å². The molecule has 106 valence electrons. The predicted molar refractivity (Wildman–Crippen MR) is 85.6 cm³/mol. The standard InChI is InChI=1S/C16H16BrClO2/c1-2-19-16-9-12(10-18)6-7-15(16)20-11-13-4-3-5-14(17)8-13/h3-9H,2,10-11H2,1H3. The maximum atomic E-state index is 5.84. The van der Waals surface area contributed by atoms with E-state index in [9.17, 15) is 0 Å². The Morgan fingerprint density at radius 3 is 2.55 bits per heavy atom. The SMILES string of the molecule is CCOc1cc(CCl)ccc1OCc1cccc(Br)c1. The van der Waals surface area contributed by atoms with E-state index in [1.807, 2.05) is 49.4 Å². The number of halogens is 2. The topological polar surface area (TPSA) is 18.5 Å². The Balaban J connectivity index is 2.12. The van der Waals surface area contributed by atoms with Gasteiger partial charge in [-0.1, -0.05) is 34.1 Å². The van der Waals surface area contributed by atoms with Gasteiger partial charge in [-0.15, -0.1) is 11.6 Å². The fourth-order valence-corrected chi connectivity index (χ4v) is 2.42. The molecule has 0 saturated heterocycles. The fraction of sp³-hybridized carbons (Fsp3) is 0.250. The van der Waals surface area contributed by atoms with E-state index in [1.165, 1.54) is 0 Å². The molecule has 2 nitrogen and oxygen atoms in total. The zero-order chi connectivity index (χ0) is 14.4. The van der Waals surface area contributed by atoms with Crippen molar-refractivity contribution in [3.05, 3.63) is 58.1 Å². The Morgan fingerprint density at radius 2 is 1.85 bits per heavy atom. The molecule has 0 aliphatic heterocycles. The first kappa shape index (κ1) is 15.2. The first-order chi connectivity index (χ1) is 9.72. The van der Waals surface area contributed by atoms with Crippen LogP contribution in [0.15, 0.2) is 46.9 Å². The van der Waals surface area contributed by atoms with Crippen LogP contribution in [0.3, 0.4) is 0 Å². The second-order valence-corrected chi connectivity index (χ2v) is 5.45. The molecule has 4 heteroatoms. The number of hydrogen-bond donors (Lipinski definition) is 0. The van der Waals surface area contributed by atoms with Crippen LogP contribution >= 0.6 is 27.5 Å². The second-order valence-electron chi connectivity index (χ2n) is 4.27. The van der Waals surface area contributed by atoms with Crippen LogP contribution in [-0.2, 0) is 12.5 Å². The van der Waals surface area contributed by atoms with Crippen LogP contribution < -0.4 is 9.47 Å². The minimum Gasteiger partial charge on any atom is -0.490 e. The monoisotopic (exact) mass is 354 g/mol. The normalized spacial score (nSPS) is 10.3. The van der Waals surface area contributed by atoms with Gasteiger partial charge in [0.05, 0.1) is 6.61 Å². The molecule has 20 heavy (non-hydrogen) atoms. The van der Waals surface area contributed by atoms with Crippen molar-refractivity contribution in [1.82, 2.24) is 0 Å². The van der Waals surface area contributed by atoms with Crippen molar-refractivity contribution in [3.63, 3.8) is 0 Å². The van der Waals surface area contributed by atoms with Gasteiger partial charge in [0.25, 0.3) is 0 Å². The van der Waals surface area contributed by atoms with E-state index in [2.05, 4.69) is 15.9 Å². The molecule has 0 fully saturated rings. The fourth-order valence-electron chi connectivity index (χ4n) is 1.81. The van der Waals surface area contributed by atoms with Crippen molar-refractivity contribution >= 4 is 27.5 Å². The lowest BCUT2D eigenvalue weighted by Gasteiger charge is -2.13. The smallest absolute Gasteiger partial charge is 0.161 e. The second kappa shape index (κ2) is 7.55. The Labute approximate surface area is 132 Å². The van der Waals surface area contributed by atoms with Crippen LogP contribution in [0.5, 0.6) is 11.5 Å². The third-order valence-electron chi connectivity index (χ3n) is 2.75. The number of hydrogen-bond acceptors (Lipinski definition) is 2. The number of alkyl halides is 1. The van der Waals surface area contributed by atoms with Gasteiger partial charge in [0.1, 0.15) is 6.61 Å². The molecule has 0 heterocycles. The lowest BCUT2D eigenvalue weighted by atomic mass is 10.2. The molecule has 2 aromatic carbocycles. The third-order valence-corrected chi connectivity index (χ3v) is 3.55. The van der Waals surface area contributed by atoms with Crippen molar-refractivity contribution in [2.45, 2.75) is 19.4 Å². The summed E-state index contributed by atoms with van der Waals surface area (Å²) in [5, 5.41) is 0. The summed E-state index contributed by atoms with van der Waals surface area (Å²) in [6, 6.07) is 13.8. The summed E-state index contributed by atoms with van der Waals surface area (Å²) in [6.07, 6.45) is 0. The summed E-state index contributed by atoms with van der Waals surface area (Å²) in [4.78, 5) is 0. The van der Waals surface area contributed by atoms with E-state index < -0.39 is 0 Å². The van der Waals surface area contributed by atoms with Gasteiger partial charge in [0.15, 0.2) is 11.5 Å². The van der Waals surface area contributed by atoms with Crippen LogP contribution in [0.2, 0.25) is 0 Å². The Kier molecular flexibility index (Phi) is 5.74. The summed E-state index contributed by atoms with van der Waals surface area (Å²) in [5.74, 6) is 1.94. The molecule has 0 spiro atoms. The van der Waals surface area contributed by atoms with Gasteiger partial charge >= 0.3 is 0 Å². The van der Waals surface area contributed by atoms with Crippen molar-refractivity contribution in [2.75, 3.05) is 6.61 Å². The minimum atomic E-state index is 0.464. The summed E-state index contributed by atoms with van der Waals surface area (Å²) in [7, 11) is 0. The van der Waals surface area contributed by atoms with Crippen LogP contribution in [0, 0.1) is 0 Å². The molecule has 0 radical (unpaired) electrons. The van der Waals surface area contributed by atoms with E-state index in [0.717, 1.165) is 27.1 Å². The molecule has 2 rings (SSSR count). The van der Waals surface area contributed by atoms with E-state index >= 15 is 0 Å². The quantitative estimate of drug-likeness (QED) is 0.666. The Morgan fingerprint density at radius 1 is 1.00 bits per heavy atom. The highest BCUT2D eigenvalue weighted by atomic mass is 79.9. The van der Waals surface area contributed by atoms with Gasteiger partial charge in [-0.3, -0.25) is 0 Å². The van der Waals surface area contributed by atoms with E-state index in [0.29, 0.717) is 19.1 Å². The van der Waals surface area contributed by atoms with Crippen molar-refractivity contribution in [3.8, 4) is 11.5 Å². The summed E-state index contributed by atoms with van der Waals surface area (Å²) in [6.45, 7) is 3.05.